The van der Waals surface area contributed by atoms with Gasteiger partial charge in [-0.15, -0.1) is 0 Å². The SMILES string of the molecule is CC(C)CN1CCN(CC2(CN)CC2)CC1. The minimum Gasteiger partial charge on any atom is -0.330 e. The van der Waals surface area contributed by atoms with Gasteiger partial charge in [0.2, 0.25) is 0 Å². The lowest BCUT2D eigenvalue weighted by atomic mass is 10.1. The molecule has 2 N–H and O–H groups in total. The second-order valence-corrected chi connectivity index (χ2v) is 6.17. The van der Waals surface area contributed by atoms with Crippen molar-refractivity contribution in [3.63, 3.8) is 0 Å². The molecular weight excluding hydrogens is 198 g/mol. The molecule has 1 aliphatic carbocycles. The Balaban J connectivity index is 1.69. The van der Waals surface area contributed by atoms with E-state index in [0.717, 1.165) is 12.5 Å². The van der Waals surface area contributed by atoms with Crippen molar-refractivity contribution in [2.24, 2.45) is 17.1 Å². The molecule has 0 aromatic carbocycles. The molecule has 1 saturated heterocycles. The van der Waals surface area contributed by atoms with Gasteiger partial charge < -0.3 is 15.5 Å². The van der Waals surface area contributed by atoms with Crippen LogP contribution in [0.25, 0.3) is 0 Å². The van der Waals surface area contributed by atoms with Gasteiger partial charge in [0.25, 0.3) is 0 Å². The molecule has 2 fully saturated rings. The molecule has 3 heteroatoms. The summed E-state index contributed by atoms with van der Waals surface area (Å²) < 4.78 is 0. The van der Waals surface area contributed by atoms with Crippen LogP contribution in [0.5, 0.6) is 0 Å². The van der Waals surface area contributed by atoms with Crippen LogP contribution in [0.4, 0.5) is 0 Å². The van der Waals surface area contributed by atoms with Gasteiger partial charge in [-0.1, -0.05) is 13.8 Å². The van der Waals surface area contributed by atoms with Crippen molar-refractivity contribution >= 4 is 0 Å². The molecule has 94 valence electrons. The highest BCUT2D eigenvalue weighted by atomic mass is 15.3. The third kappa shape index (κ3) is 3.19. The molecule has 1 aliphatic heterocycles. The second-order valence-electron chi connectivity index (χ2n) is 6.17. The Kier molecular flexibility index (Phi) is 3.88. The van der Waals surface area contributed by atoms with Gasteiger partial charge in [-0.25, -0.2) is 0 Å². The van der Waals surface area contributed by atoms with E-state index in [1.165, 1.54) is 52.1 Å². The van der Waals surface area contributed by atoms with Crippen LogP contribution in [0.15, 0.2) is 0 Å². The molecule has 0 atom stereocenters. The monoisotopic (exact) mass is 225 g/mol. The fraction of sp³-hybridized carbons (Fsp3) is 1.00. The van der Waals surface area contributed by atoms with E-state index in [1.54, 1.807) is 0 Å². The van der Waals surface area contributed by atoms with Crippen LogP contribution in [0, 0.1) is 11.3 Å². The fourth-order valence-electron chi connectivity index (χ4n) is 2.72. The van der Waals surface area contributed by atoms with Crippen LogP contribution in [-0.2, 0) is 0 Å². The Morgan fingerprint density at radius 3 is 2.06 bits per heavy atom. The van der Waals surface area contributed by atoms with Crippen LogP contribution >= 0.6 is 0 Å². The van der Waals surface area contributed by atoms with Crippen molar-refractivity contribution < 1.29 is 0 Å². The van der Waals surface area contributed by atoms with Gasteiger partial charge in [-0.2, -0.15) is 0 Å². The summed E-state index contributed by atoms with van der Waals surface area (Å²) in [6, 6.07) is 0. The molecule has 16 heavy (non-hydrogen) atoms. The van der Waals surface area contributed by atoms with E-state index in [1.807, 2.05) is 0 Å². The van der Waals surface area contributed by atoms with Crippen molar-refractivity contribution in [2.45, 2.75) is 26.7 Å². The lowest BCUT2D eigenvalue weighted by Gasteiger charge is -2.37. The van der Waals surface area contributed by atoms with Crippen molar-refractivity contribution in [1.82, 2.24) is 9.80 Å². The molecule has 0 radical (unpaired) electrons. The van der Waals surface area contributed by atoms with Crippen molar-refractivity contribution in [3.8, 4) is 0 Å². The number of hydrogen-bond acceptors (Lipinski definition) is 3. The minimum absolute atomic E-state index is 0.514. The van der Waals surface area contributed by atoms with Crippen molar-refractivity contribution in [1.29, 1.82) is 0 Å². The predicted molar refractivity (Wildman–Crippen MR) is 68.4 cm³/mol. The fourth-order valence-corrected chi connectivity index (χ4v) is 2.72. The van der Waals surface area contributed by atoms with Gasteiger partial charge >= 0.3 is 0 Å². The molecule has 2 rings (SSSR count). The predicted octanol–water partition coefficient (Wildman–Crippen LogP) is 0.999. The average molecular weight is 225 g/mol. The van der Waals surface area contributed by atoms with Gasteiger partial charge in [0.15, 0.2) is 0 Å². The Morgan fingerprint density at radius 1 is 1.06 bits per heavy atom. The smallest absolute Gasteiger partial charge is 0.0110 e. The summed E-state index contributed by atoms with van der Waals surface area (Å²) in [4.78, 5) is 5.22. The molecule has 2 aliphatic rings. The maximum absolute atomic E-state index is 5.84. The summed E-state index contributed by atoms with van der Waals surface area (Å²) in [5.41, 5.74) is 6.36. The average Bonchev–Trinajstić information content (AvgIpc) is 3.01. The highest BCUT2D eigenvalue weighted by molar-refractivity contribution is 4.96. The third-order valence-electron chi connectivity index (χ3n) is 4.04. The lowest BCUT2D eigenvalue weighted by molar-refractivity contribution is 0.106. The van der Waals surface area contributed by atoms with Gasteiger partial charge in [-0.05, 0) is 30.7 Å². The van der Waals surface area contributed by atoms with E-state index in [4.69, 9.17) is 5.73 Å². The van der Waals surface area contributed by atoms with Crippen LogP contribution in [-0.4, -0.2) is 55.6 Å². The van der Waals surface area contributed by atoms with Crippen molar-refractivity contribution in [3.05, 3.63) is 0 Å². The largest absolute Gasteiger partial charge is 0.330 e. The first-order chi connectivity index (χ1) is 7.63. The summed E-state index contributed by atoms with van der Waals surface area (Å²) in [6.07, 6.45) is 2.71. The molecule has 0 aromatic heterocycles. The van der Waals surface area contributed by atoms with Gasteiger partial charge in [0, 0.05) is 39.3 Å². The van der Waals surface area contributed by atoms with E-state index in [0.29, 0.717) is 5.41 Å². The first-order valence-electron chi connectivity index (χ1n) is 6.78. The summed E-state index contributed by atoms with van der Waals surface area (Å²) >= 11 is 0. The van der Waals surface area contributed by atoms with E-state index < -0.39 is 0 Å². The highest BCUT2D eigenvalue weighted by Crippen LogP contribution is 2.45. The quantitative estimate of drug-likeness (QED) is 0.757. The molecule has 0 spiro atoms. The lowest BCUT2D eigenvalue weighted by Crippen LogP contribution is -2.49. The highest BCUT2D eigenvalue weighted by Gasteiger charge is 2.42. The minimum atomic E-state index is 0.514. The number of nitrogens with two attached hydrogens (primary N) is 1. The zero-order chi connectivity index (χ0) is 11.6. The number of hydrogen-bond donors (Lipinski definition) is 1. The second kappa shape index (κ2) is 5.03. The van der Waals surface area contributed by atoms with E-state index in [2.05, 4.69) is 23.6 Å². The first kappa shape index (κ1) is 12.3. The molecule has 1 heterocycles. The Hall–Kier alpha value is -0.120. The number of rotatable bonds is 5. The summed E-state index contributed by atoms with van der Waals surface area (Å²) in [5, 5.41) is 0. The third-order valence-corrected chi connectivity index (χ3v) is 4.04. The van der Waals surface area contributed by atoms with E-state index in [9.17, 15) is 0 Å². The summed E-state index contributed by atoms with van der Waals surface area (Å²) in [7, 11) is 0. The number of piperazine rings is 1. The normalized spacial score (nSPS) is 26.2. The van der Waals surface area contributed by atoms with Crippen LogP contribution in [0.2, 0.25) is 0 Å². The maximum Gasteiger partial charge on any atom is 0.0110 e. The summed E-state index contributed by atoms with van der Waals surface area (Å²) in [5.74, 6) is 0.797. The molecule has 1 saturated carbocycles. The zero-order valence-electron chi connectivity index (χ0n) is 10.9. The topological polar surface area (TPSA) is 32.5 Å². The molecule has 0 unspecified atom stereocenters. The van der Waals surface area contributed by atoms with Crippen LogP contribution in [0.3, 0.4) is 0 Å². The Labute approximate surface area is 100.0 Å². The summed E-state index contributed by atoms with van der Waals surface area (Å²) in [6.45, 7) is 13.0. The standard InChI is InChI=1S/C13H27N3/c1-12(2)9-15-5-7-16(8-6-15)11-13(10-14)3-4-13/h12H,3-11,14H2,1-2H3. The molecular formula is C13H27N3. The Bertz CT molecular complexity index is 215. The van der Waals surface area contributed by atoms with E-state index in [-0.39, 0.29) is 0 Å². The molecule has 0 aromatic rings. The van der Waals surface area contributed by atoms with Gasteiger partial charge in [0.05, 0.1) is 0 Å². The molecule has 3 nitrogen and oxygen atoms in total. The Morgan fingerprint density at radius 2 is 1.62 bits per heavy atom. The van der Waals surface area contributed by atoms with Crippen molar-refractivity contribution in [2.75, 3.05) is 45.8 Å². The maximum atomic E-state index is 5.84. The van der Waals surface area contributed by atoms with E-state index >= 15 is 0 Å². The molecule has 0 amide bonds. The van der Waals surface area contributed by atoms with Crippen LogP contribution < -0.4 is 5.73 Å². The molecule has 0 bridgehead atoms. The first-order valence-corrected chi connectivity index (χ1v) is 6.78. The van der Waals surface area contributed by atoms with Gasteiger partial charge in [0.1, 0.15) is 0 Å². The van der Waals surface area contributed by atoms with Gasteiger partial charge in [-0.3, -0.25) is 0 Å². The van der Waals surface area contributed by atoms with Crippen LogP contribution in [0.1, 0.15) is 26.7 Å². The number of nitrogens with zero attached hydrogens (tertiary/aromatic N) is 2. The zero-order valence-corrected chi connectivity index (χ0v) is 10.9.